The van der Waals surface area contributed by atoms with E-state index in [1.165, 1.54) is 11.3 Å². The molecule has 0 radical (unpaired) electrons. The number of hydrogen-bond acceptors (Lipinski definition) is 7. The number of nitrogens with zero attached hydrogens (tertiary/aromatic N) is 1. The fourth-order valence-electron chi connectivity index (χ4n) is 2.87. The monoisotopic (exact) mass is 471 g/mol. The van der Waals surface area contributed by atoms with Gasteiger partial charge in [-0.25, -0.2) is 9.18 Å². The van der Waals surface area contributed by atoms with Gasteiger partial charge in [0.2, 0.25) is 0 Å². The number of amides is 2. The molecule has 2 aromatic carbocycles. The van der Waals surface area contributed by atoms with Crippen LogP contribution in [0.3, 0.4) is 0 Å². The number of nitrogens with one attached hydrogen (secondary N) is 2. The topological polar surface area (TPSA) is 128 Å². The largest absolute Gasteiger partial charge is 0.454 e. The van der Waals surface area contributed by atoms with Gasteiger partial charge in [-0.3, -0.25) is 19.7 Å². The van der Waals surface area contributed by atoms with E-state index in [1.54, 1.807) is 47.8 Å². The molecule has 1 heterocycles. The van der Waals surface area contributed by atoms with Crippen LogP contribution in [0.15, 0.2) is 66.0 Å². The summed E-state index contributed by atoms with van der Waals surface area (Å²) in [5, 5.41) is 17.6. The first-order valence-electron chi connectivity index (χ1n) is 9.62. The number of ether oxygens (including phenoxy) is 1. The van der Waals surface area contributed by atoms with E-state index in [1.807, 2.05) is 0 Å². The Bertz CT molecular complexity index is 1150. The molecule has 0 aliphatic rings. The van der Waals surface area contributed by atoms with E-state index >= 15 is 0 Å². The minimum Gasteiger partial charge on any atom is -0.454 e. The Morgan fingerprint density at radius 1 is 1.09 bits per heavy atom. The number of esters is 1. The molecule has 0 saturated carbocycles. The summed E-state index contributed by atoms with van der Waals surface area (Å²) in [6.45, 7) is -0.756. The number of carbonyl (C=O) groups is 3. The highest BCUT2D eigenvalue weighted by atomic mass is 32.1. The number of rotatable bonds is 9. The third-order valence-corrected chi connectivity index (χ3v) is 5.26. The van der Waals surface area contributed by atoms with Crippen LogP contribution in [0.1, 0.15) is 15.2 Å². The fraction of sp³-hybridized carbons (Fsp3) is 0.136. The Morgan fingerprint density at radius 3 is 2.52 bits per heavy atom. The lowest BCUT2D eigenvalue weighted by atomic mass is 10.1. The molecule has 11 heteroatoms. The maximum Gasteiger partial charge on any atom is 0.329 e. The number of nitro benzene ring substituents is 1. The Balaban J connectivity index is 1.65. The quantitative estimate of drug-likeness (QED) is 0.280. The highest BCUT2D eigenvalue weighted by Gasteiger charge is 2.25. The van der Waals surface area contributed by atoms with Gasteiger partial charge in [0, 0.05) is 6.42 Å². The first-order valence-corrected chi connectivity index (χ1v) is 10.5. The molecular formula is C22H18FN3O6S. The summed E-state index contributed by atoms with van der Waals surface area (Å²) in [5.41, 5.74) is -0.119. The number of benzene rings is 2. The first-order chi connectivity index (χ1) is 15.8. The molecule has 1 aromatic heterocycles. The van der Waals surface area contributed by atoms with Crippen molar-refractivity contribution in [1.82, 2.24) is 5.32 Å². The molecule has 170 valence electrons. The zero-order valence-electron chi connectivity index (χ0n) is 17.0. The van der Waals surface area contributed by atoms with Crippen molar-refractivity contribution in [3.8, 4) is 0 Å². The summed E-state index contributed by atoms with van der Waals surface area (Å²) in [5.74, 6) is -3.01. The number of halogens is 1. The summed E-state index contributed by atoms with van der Waals surface area (Å²) in [7, 11) is 0. The molecule has 3 rings (SSSR count). The SMILES string of the molecule is O=C(COC(=O)C(Cc1ccccc1)NC(=O)c1cccs1)Nc1ccc(F)cc1[N+](=O)[O-]. The molecule has 0 fully saturated rings. The van der Waals surface area contributed by atoms with Crippen molar-refractivity contribution in [3.05, 3.63) is 92.4 Å². The molecule has 33 heavy (non-hydrogen) atoms. The molecular weight excluding hydrogens is 453 g/mol. The van der Waals surface area contributed by atoms with E-state index in [0.717, 1.165) is 17.7 Å². The summed E-state index contributed by atoms with van der Waals surface area (Å²) in [6, 6.07) is 13.8. The van der Waals surface area contributed by atoms with Crippen LogP contribution < -0.4 is 10.6 Å². The minimum absolute atomic E-state index is 0.127. The first kappa shape index (κ1) is 23.5. The number of carbonyl (C=O) groups excluding carboxylic acids is 3. The van der Waals surface area contributed by atoms with E-state index in [2.05, 4.69) is 10.6 Å². The smallest absolute Gasteiger partial charge is 0.329 e. The van der Waals surface area contributed by atoms with E-state index in [-0.39, 0.29) is 12.1 Å². The van der Waals surface area contributed by atoms with Crippen LogP contribution in [0.2, 0.25) is 0 Å². The molecule has 2 amide bonds. The Kier molecular flexibility index (Phi) is 7.82. The van der Waals surface area contributed by atoms with E-state index in [4.69, 9.17) is 4.74 Å². The summed E-state index contributed by atoms with van der Waals surface area (Å²) >= 11 is 1.21. The lowest BCUT2D eigenvalue weighted by Crippen LogP contribution is -2.43. The van der Waals surface area contributed by atoms with Crippen molar-refractivity contribution in [3.63, 3.8) is 0 Å². The van der Waals surface area contributed by atoms with Gasteiger partial charge in [-0.2, -0.15) is 0 Å². The van der Waals surface area contributed by atoms with E-state index in [9.17, 15) is 28.9 Å². The predicted molar refractivity (Wildman–Crippen MR) is 118 cm³/mol. The molecule has 0 spiro atoms. The van der Waals surface area contributed by atoms with Gasteiger partial charge in [0.1, 0.15) is 17.5 Å². The number of thiophene rings is 1. The van der Waals surface area contributed by atoms with Gasteiger partial charge in [-0.15, -0.1) is 11.3 Å². The van der Waals surface area contributed by atoms with Gasteiger partial charge in [0.05, 0.1) is 15.9 Å². The van der Waals surface area contributed by atoms with Gasteiger partial charge >= 0.3 is 5.97 Å². The van der Waals surface area contributed by atoms with Gasteiger partial charge in [-0.1, -0.05) is 36.4 Å². The lowest BCUT2D eigenvalue weighted by molar-refractivity contribution is -0.384. The van der Waals surface area contributed by atoms with Crippen LogP contribution in [0.5, 0.6) is 0 Å². The van der Waals surface area contributed by atoms with Crippen molar-refractivity contribution in [2.75, 3.05) is 11.9 Å². The molecule has 0 aliphatic carbocycles. The van der Waals surface area contributed by atoms with Crippen LogP contribution in [0, 0.1) is 15.9 Å². The standard InChI is InChI=1S/C22H18FN3O6S/c23-15-8-9-16(18(12-15)26(30)31)24-20(27)13-32-22(29)17(11-14-5-2-1-3-6-14)25-21(28)19-7-4-10-33-19/h1-10,12,17H,11,13H2,(H,24,27)(H,25,28). The molecule has 3 aromatic rings. The van der Waals surface area contributed by atoms with Crippen LogP contribution in [0.4, 0.5) is 15.8 Å². The Hall–Kier alpha value is -4.12. The third-order valence-electron chi connectivity index (χ3n) is 4.39. The van der Waals surface area contributed by atoms with Crippen LogP contribution in [0.25, 0.3) is 0 Å². The van der Waals surface area contributed by atoms with Crippen molar-refractivity contribution in [1.29, 1.82) is 0 Å². The highest BCUT2D eigenvalue weighted by Crippen LogP contribution is 2.24. The normalized spacial score (nSPS) is 11.3. The fourth-order valence-corrected chi connectivity index (χ4v) is 3.49. The van der Waals surface area contributed by atoms with Crippen molar-refractivity contribution in [2.24, 2.45) is 0 Å². The summed E-state index contributed by atoms with van der Waals surface area (Å²) in [4.78, 5) is 47.9. The highest BCUT2D eigenvalue weighted by molar-refractivity contribution is 7.12. The zero-order valence-corrected chi connectivity index (χ0v) is 17.8. The average molecular weight is 471 g/mol. The van der Waals surface area contributed by atoms with E-state index < -0.39 is 46.9 Å². The minimum atomic E-state index is -1.07. The second kappa shape index (κ2) is 11.0. The van der Waals surface area contributed by atoms with Crippen LogP contribution >= 0.6 is 11.3 Å². The molecule has 0 aliphatic heterocycles. The lowest BCUT2D eigenvalue weighted by Gasteiger charge is -2.17. The van der Waals surface area contributed by atoms with Crippen LogP contribution in [-0.4, -0.2) is 35.4 Å². The Morgan fingerprint density at radius 2 is 1.85 bits per heavy atom. The number of hydrogen-bond donors (Lipinski definition) is 2. The van der Waals surface area contributed by atoms with Crippen molar-refractivity contribution >= 4 is 40.5 Å². The summed E-state index contributed by atoms with van der Waals surface area (Å²) in [6.07, 6.45) is 0.127. The predicted octanol–water partition coefficient (Wildman–Crippen LogP) is 3.32. The van der Waals surface area contributed by atoms with Crippen molar-refractivity contribution in [2.45, 2.75) is 12.5 Å². The number of nitro groups is 1. The van der Waals surface area contributed by atoms with E-state index in [0.29, 0.717) is 10.9 Å². The Labute approximate surface area is 191 Å². The van der Waals surface area contributed by atoms with Gasteiger partial charge in [-0.05, 0) is 29.1 Å². The van der Waals surface area contributed by atoms with Gasteiger partial charge < -0.3 is 15.4 Å². The molecule has 0 saturated heterocycles. The van der Waals surface area contributed by atoms with Gasteiger partial charge in [0.25, 0.3) is 17.5 Å². The van der Waals surface area contributed by atoms with Crippen LogP contribution in [-0.2, 0) is 20.7 Å². The zero-order chi connectivity index (χ0) is 23.8. The third kappa shape index (κ3) is 6.68. The molecule has 1 unspecified atom stereocenters. The maximum absolute atomic E-state index is 13.3. The average Bonchev–Trinajstić information content (AvgIpc) is 3.34. The van der Waals surface area contributed by atoms with Crippen molar-refractivity contribution < 1.29 is 28.4 Å². The maximum atomic E-state index is 13.3. The second-order valence-electron chi connectivity index (χ2n) is 6.77. The molecule has 0 bridgehead atoms. The number of anilines is 1. The summed E-state index contributed by atoms with van der Waals surface area (Å²) < 4.78 is 18.3. The molecule has 2 N–H and O–H groups in total. The molecule has 9 nitrogen and oxygen atoms in total. The van der Waals surface area contributed by atoms with Gasteiger partial charge in [0.15, 0.2) is 6.61 Å². The second-order valence-corrected chi connectivity index (χ2v) is 7.72. The molecule has 1 atom stereocenters.